The summed E-state index contributed by atoms with van der Waals surface area (Å²) in [5.41, 5.74) is 7.37. The van der Waals surface area contributed by atoms with Gasteiger partial charge in [0.15, 0.2) is 0 Å². The molecular weight excluding hydrogens is 303 g/mol. The topological polar surface area (TPSA) is 55.1 Å². The van der Waals surface area contributed by atoms with Crippen LogP contribution in [0.5, 0.6) is 0 Å². The number of rotatable bonds is 6. The fraction of sp³-hybridized carbons (Fsp3) is 0.235. The Balaban J connectivity index is 1.80. The van der Waals surface area contributed by atoms with Crippen molar-refractivity contribution in [3.05, 3.63) is 70.5 Å². The molecule has 0 spiro atoms. The second-order valence-corrected chi connectivity index (χ2v) is 5.60. The smallest absolute Gasteiger partial charge is 0.221 e. The highest BCUT2D eigenvalue weighted by atomic mass is 35.5. The molecule has 2 aromatic rings. The Hall–Kier alpha value is -1.91. The highest BCUT2D eigenvalue weighted by molar-refractivity contribution is 6.30. The van der Waals surface area contributed by atoms with Crippen molar-refractivity contribution in [3.8, 4) is 0 Å². The van der Waals surface area contributed by atoms with Crippen molar-refractivity contribution in [2.75, 3.05) is 0 Å². The SMILES string of the molecule is N[C@@H](CC(=O)NCc1cccc(Cl)c1)Cc1ccccc1F. The van der Waals surface area contributed by atoms with E-state index >= 15 is 0 Å². The molecule has 0 aliphatic carbocycles. The van der Waals surface area contributed by atoms with E-state index < -0.39 is 6.04 Å². The van der Waals surface area contributed by atoms with Crippen molar-refractivity contribution in [1.29, 1.82) is 0 Å². The molecule has 5 heteroatoms. The maximum absolute atomic E-state index is 13.5. The Morgan fingerprint density at radius 2 is 2.00 bits per heavy atom. The highest BCUT2D eigenvalue weighted by Crippen LogP contribution is 2.11. The van der Waals surface area contributed by atoms with Crippen molar-refractivity contribution in [3.63, 3.8) is 0 Å². The van der Waals surface area contributed by atoms with Crippen LogP contribution in [0.15, 0.2) is 48.5 Å². The van der Waals surface area contributed by atoms with Gasteiger partial charge in [0.25, 0.3) is 0 Å². The van der Waals surface area contributed by atoms with E-state index in [0.717, 1.165) is 5.56 Å². The van der Waals surface area contributed by atoms with Crippen LogP contribution in [0.1, 0.15) is 17.5 Å². The zero-order chi connectivity index (χ0) is 15.9. The first-order valence-electron chi connectivity index (χ1n) is 7.04. The number of nitrogens with one attached hydrogen (secondary N) is 1. The van der Waals surface area contributed by atoms with E-state index in [9.17, 15) is 9.18 Å². The summed E-state index contributed by atoms with van der Waals surface area (Å²) in [6.07, 6.45) is 0.478. The first-order valence-corrected chi connectivity index (χ1v) is 7.42. The summed E-state index contributed by atoms with van der Waals surface area (Å²) >= 11 is 5.88. The average molecular weight is 321 g/mol. The number of nitrogens with two attached hydrogens (primary N) is 1. The molecule has 22 heavy (non-hydrogen) atoms. The van der Waals surface area contributed by atoms with Gasteiger partial charge in [-0.15, -0.1) is 0 Å². The molecule has 0 heterocycles. The Bertz CT molecular complexity index is 648. The highest BCUT2D eigenvalue weighted by Gasteiger charge is 2.12. The number of carbonyl (C=O) groups excluding carboxylic acids is 1. The summed E-state index contributed by atoms with van der Waals surface area (Å²) in [6.45, 7) is 0.395. The monoisotopic (exact) mass is 320 g/mol. The van der Waals surface area contributed by atoms with E-state index in [-0.39, 0.29) is 18.1 Å². The Morgan fingerprint density at radius 3 is 2.73 bits per heavy atom. The van der Waals surface area contributed by atoms with Gasteiger partial charge in [0, 0.05) is 24.0 Å². The minimum absolute atomic E-state index is 0.148. The number of benzene rings is 2. The van der Waals surface area contributed by atoms with Crippen molar-refractivity contribution in [2.24, 2.45) is 5.73 Å². The third kappa shape index (κ3) is 5.13. The quantitative estimate of drug-likeness (QED) is 0.859. The van der Waals surface area contributed by atoms with Crippen LogP contribution in [0, 0.1) is 5.82 Å². The third-order valence-corrected chi connectivity index (χ3v) is 3.50. The van der Waals surface area contributed by atoms with Crippen molar-refractivity contribution in [2.45, 2.75) is 25.4 Å². The first-order chi connectivity index (χ1) is 10.5. The number of amides is 1. The van der Waals surface area contributed by atoms with E-state index in [1.54, 1.807) is 30.3 Å². The van der Waals surface area contributed by atoms with E-state index in [1.165, 1.54) is 6.07 Å². The summed E-state index contributed by atoms with van der Waals surface area (Å²) in [7, 11) is 0. The molecule has 116 valence electrons. The summed E-state index contributed by atoms with van der Waals surface area (Å²) in [6, 6.07) is 13.3. The lowest BCUT2D eigenvalue weighted by molar-refractivity contribution is -0.121. The molecule has 0 fully saturated rings. The zero-order valence-electron chi connectivity index (χ0n) is 12.1. The molecule has 0 saturated heterocycles. The molecule has 3 nitrogen and oxygen atoms in total. The minimum atomic E-state index is -0.420. The van der Waals surface area contributed by atoms with Gasteiger partial charge >= 0.3 is 0 Å². The lowest BCUT2D eigenvalue weighted by atomic mass is 10.0. The number of hydrogen-bond donors (Lipinski definition) is 2. The third-order valence-electron chi connectivity index (χ3n) is 3.27. The van der Waals surface area contributed by atoms with E-state index in [2.05, 4.69) is 5.32 Å². The van der Waals surface area contributed by atoms with Gasteiger partial charge in [0.1, 0.15) is 5.82 Å². The lowest BCUT2D eigenvalue weighted by Crippen LogP contribution is -2.33. The van der Waals surface area contributed by atoms with Gasteiger partial charge in [-0.3, -0.25) is 4.79 Å². The van der Waals surface area contributed by atoms with Crippen molar-refractivity contribution >= 4 is 17.5 Å². The summed E-state index contributed by atoms with van der Waals surface area (Å²) in [4.78, 5) is 11.9. The van der Waals surface area contributed by atoms with Gasteiger partial charge in [0.2, 0.25) is 5.91 Å². The zero-order valence-corrected chi connectivity index (χ0v) is 12.8. The van der Waals surface area contributed by atoms with Crippen LogP contribution in [0.25, 0.3) is 0 Å². The van der Waals surface area contributed by atoms with Gasteiger partial charge < -0.3 is 11.1 Å². The van der Waals surface area contributed by atoms with Gasteiger partial charge in [-0.2, -0.15) is 0 Å². The maximum Gasteiger partial charge on any atom is 0.221 e. The van der Waals surface area contributed by atoms with E-state index in [4.69, 9.17) is 17.3 Å². The fourth-order valence-corrected chi connectivity index (χ4v) is 2.39. The maximum atomic E-state index is 13.5. The Kier molecular flexibility index (Phi) is 5.92. The molecule has 0 aliphatic rings. The first kappa shape index (κ1) is 16.5. The standard InChI is InChI=1S/C17H18ClFN2O/c18-14-6-3-4-12(8-14)11-21-17(22)10-15(20)9-13-5-1-2-7-16(13)19/h1-8,15H,9-11,20H2,(H,21,22)/t15-/m1/s1. The molecule has 0 bridgehead atoms. The van der Waals surface area contributed by atoms with Crippen LogP contribution in [-0.4, -0.2) is 11.9 Å². The molecule has 0 saturated carbocycles. The minimum Gasteiger partial charge on any atom is -0.352 e. The van der Waals surface area contributed by atoms with E-state index in [0.29, 0.717) is 23.6 Å². The summed E-state index contributed by atoms with van der Waals surface area (Å²) in [5, 5.41) is 3.41. The molecule has 0 radical (unpaired) electrons. The molecule has 1 atom stereocenters. The van der Waals surface area contributed by atoms with Crippen LogP contribution in [0.2, 0.25) is 5.02 Å². The second-order valence-electron chi connectivity index (χ2n) is 5.17. The summed E-state index contributed by atoms with van der Waals surface area (Å²) in [5.74, 6) is -0.457. The molecule has 0 unspecified atom stereocenters. The molecule has 2 rings (SSSR count). The molecule has 0 aromatic heterocycles. The Labute approximate surface area is 134 Å². The van der Waals surface area contributed by atoms with Crippen LogP contribution in [0.3, 0.4) is 0 Å². The predicted molar refractivity (Wildman–Crippen MR) is 86.0 cm³/mol. The fourth-order valence-electron chi connectivity index (χ4n) is 2.18. The normalized spacial score (nSPS) is 12.0. The average Bonchev–Trinajstić information content (AvgIpc) is 2.47. The van der Waals surface area contributed by atoms with Crippen molar-refractivity contribution < 1.29 is 9.18 Å². The predicted octanol–water partition coefficient (Wildman–Crippen LogP) is 3.06. The van der Waals surface area contributed by atoms with Crippen LogP contribution in [0.4, 0.5) is 4.39 Å². The molecular formula is C17H18ClFN2O. The van der Waals surface area contributed by atoms with Crippen LogP contribution >= 0.6 is 11.6 Å². The Morgan fingerprint density at radius 1 is 1.23 bits per heavy atom. The molecule has 3 N–H and O–H groups in total. The van der Waals surface area contributed by atoms with Crippen LogP contribution in [-0.2, 0) is 17.8 Å². The number of carbonyl (C=O) groups is 1. The number of halogens is 2. The lowest BCUT2D eigenvalue weighted by Gasteiger charge is -2.12. The van der Waals surface area contributed by atoms with Crippen molar-refractivity contribution in [1.82, 2.24) is 5.32 Å². The van der Waals surface area contributed by atoms with E-state index in [1.807, 2.05) is 12.1 Å². The van der Waals surface area contributed by atoms with Gasteiger partial charge in [-0.1, -0.05) is 41.9 Å². The van der Waals surface area contributed by atoms with Gasteiger partial charge in [-0.05, 0) is 35.7 Å². The largest absolute Gasteiger partial charge is 0.352 e. The molecule has 1 amide bonds. The number of hydrogen-bond acceptors (Lipinski definition) is 2. The molecule has 0 aliphatic heterocycles. The van der Waals surface area contributed by atoms with Gasteiger partial charge in [0.05, 0.1) is 0 Å². The summed E-state index contributed by atoms with van der Waals surface area (Å²) < 4.78 is 13.5. The second kappa shape index (κ2) is 7.92. The molecule has 2 aromatic carbocycles. The van der Waals surface area contributed by atoms with Gasteiger partial charge in [-0.25, -0.2) is 4.39 Å². The van der Waals surface area contributed by atoms with Crippen LogP contribution < -0.4 is 11.1 Å².